The molecule has 0 fully saturated rings. The van der Waals surface area contributed by atoms with E-state index < -0.39 is 0 Å². The van der Waals surface area contributed by atoms with Gasteiger partial charge in [0.1, 0.15) is 12.4 Å². The first kappa shape index (κ1) is 20.9. The summed E-state index contributed by atoms with van der Waals surface area (Å²) < 4.78 is 5.74. The number of hydrogen-bond acceptors (Lipinski definition) is 6. The molecule has 1 heterocycles. The van der Waals surface area contributed by atoms with Crippen LogP contribution in [0.4, 0.5) is 10.5 Å². The van der Waals surface area contributed by atoms with Gasteiger partial charge in [0, 0.05) is 35.6 Å². The topological polar surface area (TPSA) is 71.5 Å². The summed E-state index contributed by atoms with van der Waals surface area (Å²) in [6.45, 7) is 2.31. The molecule has 0 saturated heterocycles. The molecule has 6 nitrogen and oxygen atoms in total. The van der Waals surface area contributed by atoms with E-state index >= 15 is 0 Å². The first-order chi connectivity index (χ1) is 13.9. The lowest BCUT2D eigenvalue weighted by Gasteiger charge is -2.10. The fourth-order valence-corrected chi connectivity index (χ4v) is 3.61. The predicted octanol–water partition coefficient (Wildman–Crippen LogP) is 5.06. The van der Waals surface area contributed by atoms with Gasteiger partial charge in [0.15, 0.2) is 0 Å². The minimum atomic E-state index is -0.232. The average Bonchev–Trinajstić information content (AvgIpc) is 3.13. The molecule has 0 aliphatic heterocycles. The molecule has 0 aliphatic carbocycles. The van der Waals surface area contributed by atoms with Crippen LogP contribution in [0.1, 0.15) is 21.1 Å². The van der Waals surface area contributed by atoms with Crippen molar-refractivity contribution in [1.29, 1.82) is 0 Å². The van der Waals surface area contributed by atoms with Crippen LogP contribution in [0.15, 0.2) is 58.8 Å². The largest absolute Gasteiger partial charge is 0.487 e. The van der Waals surface area contributed by atoms with Gasteiger partial charge in [0.25, 0.3) is 11.1 Å². The Morgan fingerprint density at radius 3 is 2.59 bits per heavy atom. The number of carbonyl (C=O) groups excluding carboxylic acids is 2. The first-order valence-electron chi connectivity index (χ1n) is 8.85. The number of benzene rings is 2. The van der Waals surface area contributed by atoms with Crippen molar-refractivity contribution in [3.05, 3.63) is 70.2 Å². The molecule has 8 heteroatoms. The maximum atomic E-state index is 12.6. The van der Waals surface area contributed by atoms with Crippen molar-refractivity contribution in [2.75, 3.05) is 19.4 Å². The minimum absolute atomic E-state index is 0.0496. The Bertz CT molecular complexity index is 1000. The highest BCUT2D eigenvalue weighted by atomic mass is 32.2. The van der Waals surface area contributed by atoms with Crippen LogP contribution >= 0.6 is 23.1 Å². The minimum Gasteiger partial charge on any atom is -0.487 e. The van der Waals surface area contributed by atoms with Crippen molar-refractivity contribution in [3.8, 4) is 5.75 Å². The monoisotopic (exact) mass is 427 g/mol. The number of nitrogens with zero attached hydrogens (tertiary/aromatic N) is 2. The molecule has 0 saturated carbocycles. The number of thioether (sulfide) groups is 1. The van der Waals surface area contributed by atoms with Crippen LogP contribution in [0.5, 0.6) is 5.75 Å². The Morgan fingerprint density at radius 1 is 1.17 bits per heavy atom. The molecule has 150 valence electrons. The van der Waals surface area contributed by atoms with E-state index in [1.807, 2.05) is 18.4 Å². The van der Waals surface area contributed by atoms with Crippen molar-refractivity contribution < 1.29 is 14.3 Å². The van der Waals surface area contributed by atoms with Gasteiger partial charge in [-0.3, -0.25) is 9.59 Å². The van der Waals surface area contributed by atoms with Gasteiger partial charge in [0.2, 0.25) is 0 Å². The molecule has 1 aromatic heterocycles. The molecule has 3 rings (SSSR count). The summed E-state index contributed by atoms with van der Waals surface area (Å²) >= 11 is 2.71. The smallest absolute Gasteiger partial charge is 0.285 e. The van der Waals surface area contributed by atoms with E-state index in [1.54, 1.807) is 67.9 Å². The summed E-state index contributed by atoms with van der Waals surface area (Å²) in [6.07, 6.45) is 0. The molecule has 2 aromatic carbocycles. The lowest BCUT2D eigenvalue weighted by atomic mass is 10.2. The van der Waals surface area contributed by atoms with Crippen LogP contribution in [0, 0.1) is 6.92 Å². The predicted molar refractivity (Wildman–Crippen MR) is 117 cm³/mol. The van der Waals surface area contributed by atoms with E-state index in [0.29, 0.717) is 23.6 Å². The number of ether oxygens (including phenoxy) is 1. The molecule has 0 atom stereocenters. The number of aryl methyl sites for hydroxylation is 1. The van der Waals surface area contributed by atoms with Crippen LogP contribution < -0.4 is 10.1 Å². The lowest BCUT2D eigenvalue weighted by molar-refractivity contribution is 0.102. The second-order valence-electron chi connectivity index (χ2n) is 6.42. The number of amides is 2. The molecule has 0 spiro atoms. The van der Waals surface area contributed by atoms with Crippen molar-refractivity contribution in [2.24, 2.45) is 0 Å². The van der Waals surface area contributed by atoms with E-state index in [9.17, 15) is 9.59 Å². The number of nitrogens with one attached hydrogen (secondary N) is 1. The van der Waals surface area contributed by atoms with E-state index in [0.717, 1.165) is 27.4 Å². The lowest BCUT2D eigenvalue weighted by Crippen LogP contribution is -2.16. The van der Waals surface area contributed by atoms with E-state index in [1.165, 1.54) is 4.90 Å². The second-order valence-corrected chi connectivity index (χ2v) is 8.50. The summed E-state index contributed by atoms with van der Waals surface area (Å²) in [7, 11) is 3.42. The highest BCUT2D eigenvalue weighted by molar-refractivity contribution is 8.13. The van der Waals surface area contributed by atoms with Crippen LogP contribution in [0.25, 0.3) is 0 Å². The second kappa shape index (κ2) is 9.58. The molecule has 29 heavy (non-hydrogen) atoms. The fourth-order valence-electron chi connectivity index (χ4n) is 2.36. The Morgan fingerprint density at radius 2 is 1.93 bits per heavy atom. The van der Waals surface area contributed by atoms with Crippen molar-refractivity contribution in [2.45, 2.75) is 18.4 Å². The summed E-state index contributed by atoms with van der Waals surface area (Å²) in [5, 5.41) is 5.76. The quantitative estimate of drug-likeness (QED) is 0.557. The summed E-state index contributed by atoms with van der Waals surface area (Å²) in [5.74, 6) is 0.377. The van der Waals surface area contributed by atoms with Gasteiger partial charge >= 0.3 is 0 Å². The number of aromatic nitrogens is 1. The zero-order valence-electron chi connectivity index (χ0n) is 16.3. The molecule has 0 radical (unpaired) electrons. The van der Waals surface area contributed by atoms with Crippen LogP contribution in [-0.4, -0.2) is 35.1 Å². The van der Waals surface area contributed by atoms with Crippen molar-refractivity contribution in [3.63, 3.8) is 0 Å². The summed E-state index contributed by atoms with van der Waals surface area (Å²) in [4.78, 5) is 31.0. The Balaban J connectivity index is 1.59. The number of rotatable bonds is 6. The number of anilines is 1. The third-order valence-electron chi connectivity index (χ3n) is 3.83. The van der Waals surface area contributed by atoms with Crippen molar-refractivity contribution >= 4 is 39.9 Å². The molecule has 0 bridgehead atoms. The van der Waals surface area contributed by atoms with Gasteiger partial charge < -0.3 is 15.0 Å². The van der Waals surface area contributed by atoms with Gasteiger partial charge in [0.05, 0.1) is 10.7 Å². The molecule has 3 aromatic rings. The third-order valence-corrected chi connectivity index (χ3v) is 5.70. The number of hydrogen-bond donors (Lipinski definition) is 1. The van der Waals surface area contributed by atoms with E-state index in [2.05, 4.69) is 10.3 Å². The highest BCUT2D eigenvalue weighted by Gasteiger charge is 2.10. The van der Waals surface area contributed by atoms with E-state index in [4.69, 9.17) is 4.74 Å². The highest BCUT2D eigenvalue weighted by Crippen LogP contribution is 2.23. The van der Waals surface area contributed by atoms with Gasteiger partial charge in [-0.05, 0) is 61.2 Å². The molecular formula is C21H21N3O3S2. The van der Waals surface area contributed by atoms with Crippen molar-refractivity contribution in [1.82, 2.24) is 9.88 Å². The number of carbonyl (C=O) groups is 2. The standard InChI is InChI=1S/C21H21N3O3S2/c1-14-22-17(13-28-14)12-27-18-6-4-5-15(11-18)20(25)23-16-7-9-19(10-8-16)29-21(26)24(2)3/h4-11,13H,12H2,1-3H3,(H,23,25). The molecule has 0 unspecified atom stereocenters. The van der Waals surface area contributed by atoms with Gasteiger partial charge in [-0.15, -0.1) is 11.3 Å². The van der Waals surface area contributed by atoms with E-state index in [-0.39, 0.29) is 11.1 Å². The zero-order valence-corrected chi connectivity index (χ0v) is 18.0. The Labute approximate surface area is 177 Å². The fraction of sp³-hybridized carbons (Fsp3) is 0.190. The molecule has 2 amide bonds. The Hall–Kier alpha value is -2.84. The molecule has 1 N–H and O–H groups in total. The SMILES string of the molecule is Cc1nc(COc2cccc(C(=O)Nc3ccc(SC(=O)N(C)C)cc3)c2)cs1. The Kier molecular flexibility index (Phi) is 6.90. The summed E-state index contributed by atoms with van der Waals surface area (Å²) in [5.41, 5.74) is 2.02. The van der Waals surface area contributed by atoms with Gasteiger partial charge in [-0.25, -0.2) is 4.98 Å². The number of thiazole rings is 1. The van der Waals surface area contributed by atoms with Gasteiger partial charge in [-0.1, -0.05) is 6.07 Å². The first-order valence-corrected chi connectivity index (χ1v) is 10.5. The zero-order chi connectivity index (χ0) is 20.8. The van der Waals surface area contributed by atoms with Gasteiger partial charge in [-0.2, -0.15) is 0 Å². The van der Waals surface area contributed by atoms with Crippen LogP contribution in [0.3, 0.4) is 0 Å². The summed E-state index contributed by atoms with van der Waals surface area (Å²) in [6, 6.07) is 14.2. The maximum absolute atomic E-state index is 12.6. The van der Waals surface area contributed by atoms with Crippen LogP contribution in [0.2, 0.25) is 0 Å². The average molecular weight is 428 g/mol. The normalized spacial score (nSPS) is 10.4. The maximum Gasteiger partial charge on any atom is 0.285 e. The molecular weight excluding hydrogens is 406 g/mol. The van der Waals surface area contributed by atoms with Crippen LogP contribution in [-0.2, 0) is 6.61 Å². The molecule has 0 aliphatic rings. The third kappa shape index (κ3) is 6.07.